The molecule has 1 fully saturated rings. The number of fused-ring (bicyclic) bond motifs is 3. The van der Waals surface area contributed by atoms with Crippen LogP contribution < -0.4 is 15.8 Å². The molecule has 0 bridgehead atoms. The number of aliphatic hydroxyl groups excluding tert-OH is 2. The Labute approximate surface area is 234 Å². The number of primary amides is 1. The second kappa shape index (κ2) is 9.75. The van der Waals surface area contributed by atoms with Gasteiger partial charge < -0.3 is 36.2 Å². The van der Waals surface area contributed by atoms with E-state index >= 15 is 0 Å². The van der Waals surface area contributed by atoms with Crippen molar-refractivity contribution in [3.8, 4) is 22.6 Å². The van der Waals surface area contributed by atoms with Gasteiger partial charge in [0.1, 0.15) is 28.6 Å². The van der Waals surface area contributed by atoms with Crippen LogP contribution in [-0.4, -0.2) is 81.7 Å². The number of aliphatic hydroxyl groups is 3. The number of ketones is 2. The molecule has 41 heavy (non-hydrogen) atoms. The lowest BCUT2D eigenvalue weighted by Crippen LogP contribution is -2.65. The molecule has 5 rings (SSSR count). The van der Waals surface area contributed by atoms with Crippen molar-refractivity contribution in [3.05, 3.63) is 64.4 Å². The average molecular weight is 564 g/mol. The molecule has 2 aromatic carbocycles. The summed E-state index contributed by atoms with van der Waals surface area (Å²) in [4.78, 5) is 52.3. The van der Waals surface area contributed by atoms with E-state index in [1.165, 1.54) is 18.0 Å². The van der Waals surface area contributed by atoms with E-state index < -0.39 is 64.1 Å². The highest BCUT2D eigenvalue weighted by molar-refractivity contribution is 6.24. The van der Waals surface area contributed by atoms with E-state index in [2.05, 4.69) is 5.32 Å². The van der Waals surface area contributed by atoms with Crippen molar-refractivity contribution in [2.75, 3.05) is 21.1 Å². The first kappa shape index (κ1) is 27.9. The fourth-order valence-corrected chi connectivity index (χ4v) is 6.38. The van der Waals surface area contributed by atoms with Gasteiger partial charge in [0.05, 0.1) is 11.6 Å². The summed E-state index contributed by atoms with van der Waals surface area (Å²) in [5, 5.41) is 47.1. The fourth-order valence-electron chi connectivity index (χ4n) is 6.38. The summed E-state index contributed by atoms with van der Waals surface area (Å²) in [5.74, 6) is -6.75. The van der Waals surface area contributed by atoms with Gasteiger partial charge in [-0.15, -0.1) is 0 Å². The summed E-state index contributed by atoms with van der Waals surface area (Å²) in [5.41, 5.74) is 3.39. The zero-order valence-electron chi connectivity index (χ0n) is 22.5. The van der Waals surface area contributed by atoms with E-state index in [4.69, 9.17) is 10.5 Å². The lowest BCUT2D eigenvalue weighted by atomic mass is 9.57. The maximum atomic E-state index is 13.9. The van der Waals surface area contributed by atoms with Gasteiger partial charge in [0.2, 0.25) is 5.78 Å². The van der Waals surface area contributed by atoms with Gasteiger partial charge >= 0.3 is 6.09 Å². The Bertz CT molecular complexity index is 1570. The molecule has 2 amide bonds. The Morgan fingerprint density at radius 3 is 2.32 bits per heavy atom. The second-order valence-electron chi connectivity index (χ2n) is 10.6. The summed E-state index contributed by atoms with van der Waals surface area (Å²) in [7, 11) is 4.52. The van der Waals surface area contributed by atoms with E-state index in [1.54, 1.807) is 44.4 Å². The minimum atomic E-state index is -2.70. The van der Waals surface area contributed by atoms with Gasteiger partial charge in [-0.1, -0.05) is 18.2 Å². The number of hydrogen-bond donors (Lipinski definition) is 6. The number of nitrogens with one attached hydrogen (secondary N) is 1. The van der Waals surface area contributed by atoms with E-state index in [0.717, 1.165) is 0 Å². The van der Waals surface area contributed by atoms with Gasteiger partial charge in [-0.25, -0.2) is 4.79 Å². The molecular weight excluding hydrogens is 534 g/mol. The molecule has 0 saturated heterocycles. The van der Waals surface area contributed by atoms with Crippen LogP contribution >= 0.6 is 0 Å². The number of rotatable bonds is 4. The molecule has 12 nitrogen and oxygen atoms in total. The van der Waals surface area contributed by atoms with Gasteiger partial charge in [0.25, 0.3) is 5.91 Å². The number of ether oxygens (including phenoxy) is 1. The number of nitrogens with zero attached hydrogens (tertiary/aromatic N) is 1. The maximum Gasteiger partial charge on any atom is 0.412 e. The molecule has 0 aliphatic heterocycles. The van der Waals surface area contributed by atoms with Crippen LogP contribution in [0.3, 0.4) is 0 Å². The van der Waals surface area contributed by atoms with Crippen LogP contribution in [0.1, 0.15) is 17.5 Å². The van der Waals surface area contributed by atoms with Gasteiger partial charge in [-0.3, -0.25) is 19.3 Å². The van der Waals surface area contributed by atoms with Crippen LogP contribution in [0, 0.1) is 11.8 Å². The average Bonchev–Trinajstić information content (AvgIpc) is 2.91. The molecule has 4 atom stereocenters. The van der Waals surface area contributed by atoms with Crippen LogP contribution in [-0.2, 0) is 20.8 Å². The van der Waals surface area contributed by atoms with Crippen LogP contribution in [0.5, 0.6) is 11.5 Å². The number of aromatic hydroxyl groups is 1. The zero-order chi connectivity index (χ0) is 30.0. The fraction of sp³-hybridized carbons (Fsp3) is 0.310. The Morgan fingerprint density at radius 1 is 1.07 bits per heavy atom. The SMILES string of the molecule is CNC(=O)Oc1ccc(-c2ccc(O)c3c2CC2CC4C(N(C)C)C(=O)C(C(N)=O)=C(O)C4(O)C(=O)C2=C3O)cc1. The summed E-state index contributed by atoms with van der Waals surface area (Å²) in [6, 6.07) is 8.41. The predicted molar refractivity (Wildman–Crippen MR) is 145 cm³/mol. The van der Waals surface area contributed by atoms with Gasteiger partial charge in [0, 0.05) is 18.5 Å². The summed E-state index contributed by atoms with van der Waals surface area (Å²) >= 11 is 0. The smallest absolute Gasteiger partial charge is 0.412 e. The third-order valence-electron chi connectivity index (χ3n) is 8.18. The number of benzene rings is 2. The van der Waals surface area contributed by atoms with Crippen molar-refractivity contribution in [2.45, 2.75) is 24.5 Å². The number of Topliss-reactive ketones (excluding diaryl/α,β-unsaturated/α-hetero) is 2. The summed E-state index contributed by atoms with van der Waals surface area (Å²) < 4.78 is 5.13. The van der Waals surface area contributed by atoms with E-state index in [1.807, 2.05) is 0 Å². The van der Waals surface area contributed by atoms with Crippen LogP contribution in [0.25, 0.3) is 16.9 Å². The normalized spacial score (nSPS) is 25.4. The number of likely N-dealkylation sites (N-methyl/N-ethyl adjacent to an activating group) is 1. The molecule has 0 radical (unpaired) electrons. The highest BCUT2D eigenvalue weighted by Crippen LogP contribution is 2.53. The molecule has 3 aliphatic rings. The van der Waals surface area contributed by atoms with Crippen molar-refractivity contribution in [3.63, 3.8) is 0 Å². The van der Waals surface area contributed by atoms with E-state index in [9.17, 15) is 39.6 Å². The van der Waals surface area contributed by atoms with Crippen molar-refractivity contribution >= 4 is 29.3 Å². The molecule has 0 heterocycles. The monoisotopic (exact) mass is 563 g/mol. The molecule has 12 heteroatoms. The first-order valence-electron chi connectivity index (χ1n) is 12.8. The molecule has 0 spiro atoms. The first-order chi connectivity index (χ1) is 19.3. The molecule has 4 unspecified atom stereocenters. The highest BCUT2D eigenvalue weighted by atomic mass is 16.5. The van der Waals surface area contributed by atoms with Crippen molar-refractivity contribution in [2.24, 2.45) is 17.6 Å². The van der Waals surface area contributed by atoms with Gasteiger partial charge in [0.15, 0.2) is 11.4 Å². The number of nitrogens with two attached hydrogens (primary N) is 1. The number of carbonyl (C=O) groups excluding carboxylic acids is 4. The van der Waals surface area contributed by atoms with E-state index in [0.29, 0.717) is 22.4 Å². The number of phenols is 1. The molecule has 0 aromatic heterocycles. The van der Waals surface area contributed by atoms with Gasteiger partial charge in [-0.2, -0.15) is 0 Å². The quantitative estimate of drug-likeness (QED) is 0.295. The Balaban J connectivity index is 1.65. The standard InChI is InChI=1S/C29H29N3O9/c1-31-28(39)41-14-6-4-12(5-7-14)15-8-9-18(33)20-16(15)10-13-11-17-22(32(2)3)24(35)21(27(30)38)26(37)29(17,40)25(36)19(13)23(20)34/h4-9,13,17,22,33-34,37,40H,10-11H2,1-3H3,(H2,30,38)(H,31,39). The third kappa shape index (κ3) is 4.06. The third-order valence-corrected chi connectivity index (χ3v) is 8.18. The van der Waals surface area contributed by atoms with Crippen molar-refractivity contribution in [1.82, 2.24) is 10.2 Å². The molecule has 2 aromatic rings. The molecule has 1 saturated carbocycles. The molecular formula is C29H29N3O9. The van der Waals surface area contributed by atoms with Crippen molar-refractivity contribution in [1.29, 1.82) is 0 Å². The second-order valence-corrected chi connectivity index (χ2v) is 10.6. The predicted octanol–water partition coefficient (Wildman–Crippen LogP) is 1.35. The topological polar surface area (TPSA) is 200 Å². The molecule has 214 valence electrons. The van der Waals surface area contributed by atoms with Crippen LogP contribution in [0.15, 0.2) is 53.3 Å². The number of amides is 2. The Kier molecular flexibility index (Phi) is 6.63. The molecule has 7 N–H and O–H groups in total. The van der Waals surface area contributed by atoms with E-state index in [-0.39, 0.29) is 29.7 Å². The Morgan fingerprint density at radius 2 is 1.73 bits per heavy atom. The van der Waals surface area contributed by atoms with Crippen LogP contribution in [0.2, 0.25) is 0 Å². The largest absolute Gasteiger partial charge is 0.508 e. The van der Waals surface area contributed by atoms with Crippen LogP contribution in [0.4, 0.5) is 4.79 Å². The summed E-state index contributed by atoms with van der Waals surface area (Å²) in [6.45, 7) is 0. The lowest BCUT2D eigenvalue weighted by Gasteiger charge is -2.50. The molecule has 3 aliphatic carbocycles. The van der Waals surface area contributed by atoms with Crippen molar-refractivity contribution < 1.29 is 44.3 Å². The summed E-state index contributed by atoms with van der Waals surface area (Å²) in [6.07, 6.45) is -0.500. The highest BCUT2D eigenvalue weighted by Gasteiger charge is 2.64. The number of phenolic OH excluding ortho intramolecular Hbond substituents is 1. The Hall–Kier alpha value is -4.68. The maximum absolute atomic E-state index is 13.9. The van der Waals surface area contributed by atoms with Gasteiger partial charge in [-0.05, 0) is 67.7 Å². The minimum Gasteiger partial charge on any atom is -0.508 e. The first-order valence-corrected chi connectivity index (χ1v) is 12.8. The number of hydrogen-bond acceptors (Lipinski definition) is 10. The lowest BCUT2D eigenvalue weighted by molar-refractivity contribution is -0.153. The minimum absolute atomic E-state index is 0.00974. The number of carbonyl (C=O) groups is 4. The zero-order valence-corrected chi connectivity index (χ0v) is 22.5.